The third-order valence-corrected chi connectivity index (χ3v) is 11.1. The van der Waals surface area contributed by atoms with E-state index in [0.717, 1.165) is 63.6 Å². The first-order valence-electron chi connectivity index (χ1n) is 15.6. The van der Waals surface area contributed by atoms with E-state index in [9.17, 15) is 14.7 Å². The number of aromatic carboxylic acids is 1. The molecule has 3 aliphatic heterocycles. The molecule has 0 fully saturated rings. The number of benzene rings is 2. The smallest absolute Gasteiger partial charge is 0.343 e. The lowest BCUT2D eigenvalue weighted by molar-refractivity contribution is 0.0696. The van der Waals surface area contributed by atoms with Gasteiger partial charge in [-0.25, -0.2) is 9.59 Å². The molecular weight excluding hydrogens is 580 g/mol. The van der Waals surface area contributed by atoms with Crippen LogP contribution in [0.1, 0.15) is 96.8 Å². The Bertz CT molecular complexity index is 2050. The number of thiophene rings is 1. The Morgan fingerprint density at radius 3 is 2.29 bits per heavy atom. The van der Waals surface area contributed by atoms with Crippen molar-refractivity contribution in [2.75, 3.05) is 18.0 Å². The van der Waals surface area contributed by atoms with E-state index in [0.29, 0.717) is 5.56 Å². The fourth-order valence-electron chi connectivity index (χ4n) is 7.08. The second kappa shape index (κ2) is 10.1. The Morgan fingerprint density at radius 1 is 0.889 bits per heavy atom. The molecule has 0 aliphatic carbocycles. The molecule has 0 amide bonds. The highest BCUT2D eigenvalue weighted by Gasteiger charge is 2.42. The molecule has 0 spiro atoms. The third-order valence-electron chi connectivity index (χ3n) is 10.0. The number of carbonyl (C=O) groups is 1. The first-order chi connectivity index (χ1) is 21.2. The van der Waals surface area contributed by atoms with Crippen molar-refractivity contribution in [2.45, 2.75) is 70.6 Å². The summed E-state index contributed by atoms with van der Waals surface area (Å²) in [5.74, 6) is -0.939. The molecule has 2 aromatic carbocycles. The van der Waals surface area contributed by atoms with Gasteiger partial charge in [0.15, 0.2) is 0 Å². The van der Waals surface area contributed by atoms with Gasteiger partial charge in [0.2, 0.25) is 0 Å². The summed E-state index contributed by atoms with van der Waals surface area (Å²) in [4.78, 5) is 34.1. The van der Waals surface area contributed by atoms with Gasteiger partial charge in [-0.2, -0.15) is 0 Å². The van der Waals surface area contributed by atoms with E-state index in [1.54, 1.807) is 29.5 Å². The van der Waals surface area contributed by atoms with E-state index in [1.165, 1.54) is 16.8 Å². The Morgan fingerprint density at radius 2 is 1.58 bits per heavy atom. The number of nitrogens with zero attached hydrogens (tertiary/aromatic N) is 2. The zero-order valence-corrected chi connectivity index (χ0v) is 27.5. The fourth-order valence-corrected chi connectivity index (χ4v) is 7.90. The normalized spacial score (nSPS) is 19.2. The maximum atomic E-state index is 13.3. The van der Waals surface area contributed by atoms with Gasteiger partial charge in [-0.05, 0) is 102 Å². The molecule has 6 nitrogen and oxygen atoms in total. The van der Waals surface area contributed by atoms with E-state index in [1.807, 2.05) is 36.4 Å². The molecule has 4 aromatic rings. The third kappa shape index (κ3) is 4.88. The van der Waals surface area contributed by atoms with Crippen LogP contribution in [-0.4, -0.2) is 29.9 Å². The lowest BCUT2D eigenvalue weighted by atomic mass is 9.69. The predicted molar refractivity (Wildman–Crippen MR) is 186 cm³/mol. The first-order valence-corrected chi connectivity index (χ1v) is 16.4. The minimum Gasteiger partial charge on any atom is -0.478 e. The van der Waals surface area contributed by atoms with E-state index in [-0.39, 0.29) is 22.0 Å². The van der Waals surface area contributed by atoms with E-state index >= 15 is 0 Å². The highest BCUT2D eigenvalue weighted by atomic mass is 32.1. The summed E-state index contributed by atoms with van der Waals surface area (Å²) in [7, 11) is 0. The number of carboxylic acids is 1. The Hall–Kier alpha value is -4.23. The van der Waals surface area contributed by atoms with Crippen LogP contribution in [0.15, 0.2) is 62.7 Å². The van der Waals surface area contributed by atoms with Crippen molar-refractivity contribution in [3.63, 3.8) is 0 Å². The topological polar surface area (TPSA) is 83.1 Å². The SMILES string of the molecule is CC1(C)CCN2CCC(C)(C)c3c2c1cc1cc(/C=C/c2ccc(/C=C/C4=Nc5ccc(C(=O)O)cc5C4(C)C)s2)c(=O)oc31. The minimum atomic E-state index is -0.939. The number of aliphatic imine (C=N–C) groups is 1. The van der Waals surface area contributed by atoms with Gasteiger partial charge < -0.3 is 14.4 Å². The Kier molecular flexibility index (Phi) is 6.64. The lowest BCUT2D eigenvalue weighted by Gasteiger charge is -2.48. The molecule has 0 saturated heterocycles. The van der Waals surface area contributed by atoms with Gasteiger partial charge in [0.1, 0.15) is 5.58 Å². The van der Waals surface area contributed by atoms with Gasteiger partial charge >= 0.3 is 11.6 Å². The van der Waals surface area contributed by atoms with Gasteiger partial charge in [0.25, 0.3) is 0 Å². The molecule has 230 valence electrons. The summed E-state index contributed by atoms with van der Waals surface area (Å²) >= 11 is 1.62. The zero-order chi connectivity index (χ0) is 31.9. The molecule has 0 bridgehead atoms. The Balaban J connectivity index is 1.17. The van der Waals surface area contributed by atoms with Crippen LogP contribution in [0, 0.1) is 0 Å². The summed E-state index contributed by atoms with van der Waals surface area (Å²) in [5.41, 5.74) is 7.21. The average molecular weight is 619 g/mol. The monoisotopic (exact) mass is 618 g/mol. The molecule has 2 aromatic heterocycles. The van der Waals surface area contributed by atoms with Crippen LogP contribution in [0.3, 0.4) is 0 Å². The number of hydrogen-bond acceptors (Lipinski definition) is 6. The summed E-state index contributed by atoms with van der Waals surface area (Å²) in [6.07, 6.45) is 10.0. The van der Waals surface area contributed by atoms with E-state index in [2.05, 4.69) is 58.6 Å². The first kappa shape index (κ1) is 29.5. The summed E-state index contributed by atoms with van der Waals surface area (Å²) in [6.45, 7) is 15.4. The molecule has 45 heavy (non-hydrogen) atoms. The van der Waals surface area contributed by atoms with Crippen LogP contribution < -0.4 is 10.5 Å². The van der Waals surface area contributed by atoms with Crippen LogP contribution in [0.4, 0.5) is 11.4 Å². The van der Waals surface area contributed by atoms with Crippen LogP contribution in [-0.2, 0) is 16.2 Å². The van der Waals surface area contributed by atoms with Crippen molar-refractivity contribution in [1.29, 1.82) is 0 Å². The van der Waals surface area contributed by atoms with Gasteiger partial charge in [-0.15, -0.1) is 11.3 Å². The maximum Gasteiger partial charge on any atom is 0.343 e. The van der Waals surface area contributed by atoms with Gasteiger partial charge in [0, 0.05) is 44.9 Å². The molecule has 0 radical (unpaired) electrons. The van der Waals surface area contributed by atoms with Gasteiger partial charge in [-0.3, -0.25) is 4.99 Å². The van der Waals surface area contributed by atoms with E-state index in [4.69, 9.17) is 9.41 Å². The zero-order valence-electron chi connectivity index (χ0n) is 26.7. The fraction of sp³-hybridized carbons (Fsp3) is 0.342. The van der Waals surface area contributed by atoms with Crippen molar-refractivity contribution < 1.29 is 14.3 Å². The number of rotatable bonds is 5. The maximum absolute atomic E-state index is 13.3. The highest BCUT2D eigenvalue weighted by molar-refractivity contribution is 7.13. The highest BCUT2D eigenvalue weighted by Crippen LogP contribution is 2.51. The van der Waals surface area contributed by atoms with Crippen molar-refractivity contribution in [1.82, 2.24) is 0 Å². The molecule has 0 unspecified atom stereocenters. The van der Waals surface area contributed by atoms with Crippen molar-refractivity contribution in [3.05, 3.63) is 96.5 Å². The van der Waals surface area contributed by atoms with Crippen molar-refractivity contribution in [2.24, 2.45) is 4.99 Å². The molecule has 5 heterocycles. The van der Waals surface area contributed by atoms with Crippen LogP contribution >= 0.6 is 11.3 Å². The lowest BCUT2D eigenvalue weighted by Crippen LogP contribution is -2.44. The second-order valence-electron chi connectivity index (χ2n) is 14.4. The molecule has 7 heteroatoms. The number of hydrogen-bond donors (Lipinski definition) is 1. The molecular formula is C38H38N2O4S. The number of allylic oxidation sites excluding steroid dienone is 1. The van der Waals surface area contributed by atoms with E-state index < -0.39 is 11.4 Å². The summed E-state index contributed by atoms with van der Waals surface area (Å²) < 4.78 is 6.14. The van der Waals surface area contributed by atoms with Crippen molar-refractivity contribution in [3.8, 4) is 0 Å². The van der Waals surface area contributed by atoms with Crippen molar-refractivity contribution >= 4 is 63.6 Å². The molecule has 0 saturated carbocycles. The largest absolute Gasteiger partial charge is 0.478 e. The van der Waals surface area contributed by atoms with Crippen LogP contribution in [0.2, 0.25) is 0 Å². The second-order valence-corrected chi connectivity index (χ2v) is 15.5. The van der Waals surface area contributed by atoms with Crippen LogP contribution in [0.25, 0.3) is 29.2 Å². The molecule has 1 N–H and O–H groups in total. The van der Waals surface area contributed by atoms with Gasteiger partial charge in [0.05, 0.1) is 22.5 Å². The standard InChI is InChI=1S/C38H38N2O4S/c1-36(2)15-17-40-18-16-37(3,4)31-32(40)28(36)21-24-19-23(35(43)44-33(24)31)7-9-25-10-11-26(45-25)12-14-30-38(5,6)27-20-22(34(41)42)8-13-29(27)39-30/h7-14,19-21H,15-18H2,1-6H3,(H,41,42)/b9-7+,14-12+. The van der Waals surface area contributed by atoms with Crippen LogP contribution in [0.5, 0.6) is 0 Å². The molecule has 0 atom stereocenters. The Labute approximate surface area is 267 Å². The summed E-state index contributed by atoms with van der Waals surface area (Å²) in [6, 6.07) is 13.4. The number of fused-ring (bicyclic) bond motifs is 3. The quantitative estimate of drug-likeness (QED) is 0.226. The number of carboxylic acid groups (broad SMARTS) is 1. The molecule has 7 rings (SSSR count). The number of anilines is 1. The molecule has 3 aliphatic rings. The average Bonchev–Trinajstić information content (AvgIpc) is 3.54. The minimum absolute atomic E-state index is 0.0543. The predicted octanol–water partition coefficient (Wildman–Crippen LogP) is 8.97. The van der Waals surface area contributed by atoms with Gasteiger partial charge in [-0.1, -0.05) is 41.5 Å². The summed E-state index contributed by atoms with van der Waals surface area (Å²) in [5, 5.41) is 10.4.